The summed E-state index contributed by atoms with van der Waals surface area (Å²) in [5, 5.41) is 5.65. The van der Waals surface area contributed by atoms with Gasteiger partial charge in [-0.05, 0) is 44.0 Å². The molecule has 2 rings (SSSR count). The molecule has 0 aliphatic heterocycles. The minimum atomic E-state index is -0.0866. The molecular weight excluding hydrogens is 302 g/mol. The second-order valence-electron chi connectivity index (χ2n) is 5.71. The van der Waals surface area contributed by atoms with Gasteiger partial charge in [0.25, 0.3) is 5.91 Å². The molecule has 0 aromatic heterocycles. The molecule has 0 spiro atoms. The number of para-hydroxylation sites is 2. The Morgan fingerprint density at radius 3 is 2.42 bits per heavy atom. The van der Waals surface area contributed by atoms with E-state index >= 15 is 0 Å². The molecule has 0 aliphatic carbocycles. The van der Waals surface area contributed by atoms with Gasteiger partial charge in [0.15, 0.2) is 0 Å². The van der Waals surface area contributed by atoms with Gasteiger partial charge in [-0.1, -0.05) is 29.8 Å². The van der Waals surface area contributed by atoms with Crippen molar-refractivity contribution in [1.82, 2.24) is 5.32 Å². The summed E-state index contributed by atoms with van der Waals surface area (Å²) in [6, 6.07) is 14.6. The first kappa shape index (κ1) is 17.5. The first-order valence-electron chi connectivity index (χ1n) is 8.05. The maximum absolute atomic E-state index is 11.9. The second kappa shape index (κ2) is 8.72. The van der Waals surface area contributed by atoms with Crippen molar-refractivity contribution in [3.05, 3.63) is 59.7 Å². The van der Waals surface area contributed by atoms with Crippen molar-refractivity contribution in [2.45, 2.75) is 26.2 Å². The van der Waals surface area contributed by atoms with Gasteiger partial charge in [-0.25, -0.2) is 0 Å². The average molecular weight is 325 g/mol. The minimum Gasteiger partial charge on any atom is -0.397 e. The molecule has 2 aromatic rings. The van der Waals surface area contributed by atoms with Crippen molar-refractivity contribution in [1.29, 1.82) is 0 Å². The molecule has 0 saturated heterocycles. The van der Waals surface area contributed by atoms with Crippen LogP contribution in [0.1, 0.15) is 35.2 Å². The quantitative estimate of drug-likeness (QED) is 0.540. The Morgan fingerprint density at radius 2 is 1.71 bits per heavy atom. The molecule has 126 valence electrons. The number of benzene rings is 2. The van der Waals surface area contributed by atoms with Gasteiger partial charge in [0.2, 0.25) is 5.91 Å². The van der Waals surface area contributed by atoms with E-state index in [4.69, 9.17) is 5.73 Å². The highest BCUT2D eigenvalue weighted by atomic mass is 16.2. The van der Waals surface area contributed by atoms with Crippen molar-refractivity contribution in [2.24, 2.45) is 0 Å². The summed E-state index contributed by atoms with van der Waals surface area (Å²) in [6.45, 7) is 2.53. The molecule has 0 atom stereocenters. The zero-order valence-electron chi connectivity index (χ0n) is 13.8. The van der Waals surface area contributed by atoms with E-state index in [-0.39, 0.29) is 11.8 Å². The lowest BCUT2D eigenvalue weighted by Gasteiger charge is -2.08. The van der Waals surface area contributed by atoms with Gasteiger partial charge < -0.3 is 16.4 Å². The SMILES string of the molecule is Cc1ccc(C(=O)NCCCCC(=O)Nc2ccccc2N)cc1. The van der Waals surface area contributed by atoms with E-state index in [0.717, 1.165) is 12.0 Å². The number of rotatable bonds is 7. The predicted molar refractivity (Wildman–Crippen MR) is 96.8 cm³/mol. The molecule has 5 heteroatoms. The number of amides is 2. The number of carbonyl (C=O) groups is 2. The molecule has 0 unspecified atom stereocenters. The molecular formula is C19H23N3O2. The largest absolute Gasteiger partial charge is 0.397 e. The molecule has 0 aliphatic rings. The number of nitrogens with two attached hydrogens (primary N) is 1. The molecule has 4 N–H and O–H groups in total. The summed E-state index contributed by atoms with van der Waals surface area (Å²) in [6.07, 6.45) is 1.84. The van der Waals surface area contributed by atoms with Crippen LogP contribution in [0.25, 0.3) is 0 Å². The van der Waals surface area contributed by atoms with E-state index in [1.54, 1.807) is 12.1 Å². The number of nitrogens with one attached hydrogen (secondary N) is 2. The maximum Gasteiger partial charge on any atom is 0.251 e. The molecule has 2 aromatic carbocycles. The van der Waals surface area contributed by atoms with Crippen LogP contribution in [0.2, 0.25) is 0 Å². The van der Waals surface area contributed by atoms with E-state index < -0.39 is 0 Å². The van der Waals surface area contributed by atoms with Crippen molar-refractivity contribution < 1.29 is 9.59 Å². The number of nitrogen functional groups attached to an aromatic ring is 1. The van der Waals surface area contributed by atoms with Crippen molar-refractivity contribution >= 4 is 23.2 Å². The summed E-state index contributed by atoms with van der Waals surface area (Å²) >= 11 is 0. The summed E-state index contributed by atoms with van der Waals surface area (Å²) in [4.78, 5) is 23.8. The fourth-order valence-corrected chi connectivity index (χ4v) is 2.24. The van der Waals surface area contributed by atoms with Crippen molar-refractivity contribution in [3.63, 3.8) is 0 Å². The first-order valence-corrected chi connectivity index (χ1v) is 8.05. The van der Waals surface area contributed by atoms with Gasteiger partial charge in [0, 0.05) is 18.5 Å². The Hall–Kier alpha value is -2.82. The zero-order chi connectivity index (χ0) is 17.4. The van der Waals surface area contributed by atoms with Gasteiger partial charge in [-0.3, -0.25) is 9.59 Å². The van der Waals surface area contributed by atoms with Gasteiger partial charge in [-0.15, -0.1) is 0 Å². The summed E-state index contributed by atoms with van der Waals surface area (Å²) < 4.78 is 0. The Morgan fingerprint density at radius 1 is 1.00 bits per heavy atom. The minimum absolute atomic E-state index is 0.0715. The highest BCUT2D eigenvalue weighted by Crippen LogP contribution is 2.17. The van der Waals surface area contributed by atoms with E-state index in [0.29, 0.717) is 36.3 Å². The third-order valence-electron chi connectivity index (χ3n) is 3.66. The molecule has 0 fully saturated rings. The van der Waals surface area contributed by atoms with Crippen LogP contribution in [0, 0.1) is 6.92 Å². The number of anilines is 2. The number of carbonyl (C=O) groups excluding carboxylic acids is 2. The van der Waals surface area contributed by atoms with E-state index in [1.165, 1.54) is 0 Å². The predicted octanol–water partition coefficient (Wildman–Crippen LogP) is 3.12. The standard InChI is InChI=1S/C19H23N3O2/c1-14-9-11-15(12-10-14)19(24)21-13-5-4-8-18(23)22-17-7-3-2-6-16(17)20/h2-3,6-7,9-12H,4-5,8,13,20H2,1H3,(H,21,24)(H,22,23). The average Bonchev–Trinajstić information content (AvgIpc) is 2.57. The van der Waals surface area contributed by atoms with Crippen LogP contribution in [0.15, 0.2) is 48.5 Å². The van der Waals surface area contributed by atoms with E-state index in [1.807, 2.05) is 43.3 Å². The number of hydrogen-bond acceptors (Lipinski definition) is 3. The Bertz CT molecular complexity index is 696. The zero-order valence-corrected chi connectivity index (χ0v) is 13.8. The first-order chi connectivity index (χ1) is 11.6. The van der Waals surface area contributed by atoms with Crippen LogP contribution in [-0.4, -0.2) is 18.4 Å². The van der Waals surface area contributed by atoms with Crippen LogP contribution in [-0.2, 0) is 4.79 Å². The normalized spacial score (nSPS) is 10.2. The Kier molecular flexibility index (Phi) is 6.37. The molecule has 0 saturated carbocycles. The molecule has 24 heavy (non-hydrogen) atoms. The van der Waals surface area contributed by atoms with Gasteiger partial charge in [0.05, 0.1) is 11.4 Å². The van der Waals surface area contributed by atoms with Crippen LogP contribution >= 0.6 is 0 Å². The molecule has 0 bridgehead atoms. The third-order valence-corrected chi connectivity index (χ3v) is 3.66. The molecule has 5 nitrogen and oxygen atoms in total. The summed E-state index contributed by atoms with van der Waals surface area (Å²) in [7, 11) is 0. The fraction of sp³-hybridized carbons (Fsp3) is 0.263. The summed E-state index contributed by atoms with van der Waals surface area (Å²) in [5.74, 6) is -0.158. The lowest BCUT2D eigenvalue weighted by molar-refractivity contribution is -0.116. The molecule has 0 heterocycles. The fourth-order valence-electron chi connectivity index (χ4n) is 2.24. The highest BCUT2D eigenvalue weighted by molar-refractivity contribution is 5.94. The van der Waals surface area contributed by atoms with E-state index in [2.05, 4.69) is 10.6 Å². The van der Waals surface area contributed by atoms with E-state index in [9.17, 15) is 9.59 Å². The second-order valence-corrected chi connectivity index (χ2v) is 5.71. The lowest BCUT2D eigenvalue weighted by atomic mass is 10.1. The Balaban J connectivity index is 1.64. The van der Waals surface area contributed by atoms with Gasteiger partial charge >= 0.3 is 0 Å². The van der Waals surface area contributed by atoms with Crippen molar-refractivity contribution in [2.75, 3.05) is 17.6 Å². The highest BCUT2D eigenvalue weighted by Gasteiger charge is 2.06. The topological polar surface area (TPSA) is 84.2 Å². The number of unbranched alkanes of at least 4 members (excludes halogenated alkanes) is 1. The smallest absolute Gasteiger partial charge is 0.251 e. The van der Waals surface area contributed by atoms with Gasteiger partial charge in [0.1, 0.15) is 0 Å². The molecule has 2 amide bonds. The third kappa shape index (κ3) is 5.43. The molecule has 0 radical (unpaired) electrons. The Labute approximate surface area is 142 Å². The maximum atomic E-state index is 11.9. The summed E-state index contributed by atoms with van der Waals surface area (Å²) in [5.41, 5.74) is 8.74. The lowest BCUT2D eigenvalue weighted by Crippen LogP contribution is -2.24. The van der Waals surface area contributed by atoms with Crippen molar-refractivity contribution in [3.8, 4) is 0 Å². The monoisotopic (exact) mass is 325 g/mol. The van der Waals surface area contributed by atoms with Crippen LogP contribution in [0.4, 0.5) is 11.4 Å². The van der Waals surface area contributed by atoms with Crippen LogP contribution < -0.4 is 16.4 Å². The van der Waals surface area contributed by atoms with Gasteiger partial charge in [-0.2, -0.15) is 0 Å². The number of aryl methyl sites for hydroxylation is 1. The van der Waals surface area contributed by atoms with Crippen LogP contribution in [0.3, 0.4) is 0 Å². The number of hydrogen-bond donors (Lipinski definition) is 3. The van der Waals surface area contributed by atoms with Crippen LogP contribution in [0.5, 0.6) is 0 Å².